The summed E-state index contributed by atoms with van der Waals surface area (Å²) in [6.45, 7) is 5.04. The van der Waals surface area contributed by atoms with E-state index in [1.807, 2.05) is 18.7 Å². The Bertz CT molecular complexity index is 1100. The zero-order chi connectivity index (χ0) is 21.3. The lowest BCUT2D eigenvalue weighted by molar-refractivity contribution is -0.129. The molecular weight excluding hydrogens is 381 g/mol. The number of nitrogens with zero attached hydrogens (tertiary/aromatic N) is 4. The molecule has 0 bridgehead atoms. The molecule has 1 aliphatic rings. The van der Waals surface area contributed by atoms with Crippen LogP contribution in [-0.4, -0.2) is 38.8 Å². The molecule has 6 nitrogen and oxygen atoms in total. The second-order valence-corrected chi connectivity index (χ2v) is 7.78. The Kier molecular flexibility index (Phi) is 5.44. The number of carbonyl (C=O) groups excluding carboxylic acids is 1. The third-order valence-corrected chi connectivity index (χ3v) is 5.53. The fourth-order valence-electron chi connectivity index (χ4n) is 3.88. The van der Waals surface area contributed by atoms with E-state index < -0.39 is 0 Å². The van der Waals surface area contributed by atoms with Gasteiger partial charge in [-0.25, -0.2) is 4.39 Å². The summed E-state index contributed by atoms with van der Waals surface area (Å²) in [6, 6.07) is 8.12. The van der Waals surface area contributed by atoms with E-state index in [2.05, 4.69) is 15.0 Å². The molecule has 7 heteroatoms. The van der Waals surface area contributed by atoms with Crippen LogP contribution < -0.4 is 5.73 Å². The molecule has 0 saturated carbocycles. The lowest BCUT2D eigenvalue weighted by Gasteiger charge is -2.17. The van der Waals surface area contributed by atoms with Crippen molar-refractivity contribution >= 4 is 11.6 Å². The Morgan fingerprint density at radius 1 is 1.20 bits per heavy atom. The van der Waals surface area contributed by atoms with Crippen LogP contribution >= 0.6 is 0 Å². The van der Waals surface area contributed by atoms with Crippen LogP contribution in [0.25, 0.3) is 11.3 Å². The van der Waals surface area contributed by atoms with Gasteiger partial charge in [-0.3, -0.25) is 19.7 Å². The summed E-state index contributed by atoms with van der Waals surface area (Å²) < 4.78 is 13.4. The number of likely N-dealkylation sites (tertiary alicyclic amines) is 1. The third-order valence-electron chi connectivity index (χ3n) is 5.53. The van der Waals surface area contributed by atoms with E-state index in [-0.39, 0.29) is 24.1 Å². The van der Waals surface area contributed by atoms with E-state index in [1.165, 1.54) is 12.1 Å². The highest BCUT2D eigenvalue weighted by Crippen LogP contribution is 2.28. The largest absolute Gasteiger partial charge is 0.397 e. The number of halogens is 1. The van der Waals surface area contributed by atoms with Crippen LogP contribution in [0.2, 0.25) is 0 Å². The van der Waals surface area contributed by atoms with Crippen LogP contribution in [0.5, 0.6) is 0 Å². The summed E-state index contributed by atoms with van der Waals surface area (Å²) in [5.74, 6) is -0.103. The molecule has 30 heavy (non-hydrogen) atoms. The number of carbonyl (C=O) groups is 1. The van der Waals surface area contributed by atoms with Crippen molar-refractivity contribution in [3.8, 4) is 11.3 Å². The molecule has 1 aliphatic heterocycles. The maximum absolute atomic E-state index is 13.4. The average molecular weight is 405 g/mol. The summed E-state index contributed by atoms with van der Waals surface area (Å²) in [5.41, 5.74) is 11.2. The van der Waals surface area contributed by atoms with Gasteiger partial charge in [0.15, 0.2) is 0 Å². The van der Waals surface area contributed by atoms with Crippen LogP contribution in [0, 0.1) is 19.7 Å². The van der Waals surface area contributed by atoms with E-state index in [1.54, 1.807) is 30.6 Å². The number of nitrogen functional groups attached to an aromatic ring is 1. The van der Waals surface area contributed by atoms with Gasteiger partial charge in [-0.05, 0) is 56.2 Å². The van der Waals surface area contributed by atoms with Crippen molar-refractivity contribution < 1.29 is 9.18 Å². The molecular formula is C23H24FN5O. The van der Waals surface area contributed by atoms with E-state index in [0.717, 1.165) is 28.9 Å². The summed E-state index contributed by atoms with van der Waals surface area (Å²) in [5, 5.41) is 0. The number of amides is 1. The number of rotatable bonds is 4. The zero-order valence-electron chi connectivity index (χ0n) is 17.1. The van der Waals surface area contributed by atoms with Crippen molar-refractivity contribution in [3.63, 3.8) is 0 Å². The molecule has 3 aromatic rings. The lowest BCUT2D eigenvalue weighted by atomic mass is 10.0. The number of hydrogen-bond acceptors (Lipinski definition) is 5. The molecule has 1 saturated heterocycles. The van der Waals surface area contributed by atoms with Crippen LogP contribution in [0.4, 0.5) is 10.1 Å². The fraction of sp³-hybridized carbons (Fsp3) is 0.304. The van der Waals surface area contributed by atoms with Gasteiger partial charge in [0, 0.05) is 37.0 Å². The lowest BCUT2D eigenvalue weighted by Crippen LogP contribution is -2.30. The van der Waals surface area contributed by atoms with E-state index >= 15 is 0 Å². The van der Waals surface area contributed by atoms with Gasteiger partial charge < -0.3 is 10.6 Å². The van der Waals surface area contributed by atoms with Gasteiger partial charge in [-0.15, -0.1) is 0 Å². The van der Waals surface area contributed by atoms with Crippen molar-refractivity contribution in [2.24, 2.45) is 0 Å². The van der Waals surface area contributed by atoms with Crippen LogP contribution in [0.1, 0.15) is 35.0 Å². The Balaban J connectivity index is 1.49. The van der Waals surface area contributed by atoms with Gasteiger partial charge in [0.1, 0.15) is 5.82 Å². The van der Waals surface area contributed by atoms with E-state index in [4.69, 9.17) is 5.73 Å². The quantitative estimate of drug-likeness (QED) is 0.719. The molecule has 154 valence electrons. The van der Waals surface area contributed by atoms with Gasteiger partial charge in [0.25, 0.3) is 0 Å². The predicted molar refractivity (Wildman–Crippen MR) is 113 cm³/mol. The highest BCUT2D eigenvalue weighted by Gasteiger charge is 2.29. The predicted octanol–water partition coefficient (Wildman–Crippen LogP) is 3.44. The van der Waals surface area contributed by atoms with Crippen LogP contribution in [0.15, 0.2) is 42.7 Å². The molecule has 2 N–H and O–H groups in total. The second-order valence-electron chi connectivity index (χ2n) is 7.78. The highest BCUT2D eigenvalue weighted by atomic mass is 19.1. The molecule has 1 fully saturated rings. The van der Waals surface area contributed by atoms with E-state index in [9.17, 15) is 9.18 Å². The summed E-state index contributed by atoms with van der Waals surface area (Å²) in [6.07, 6.45) is 4.50. The topological polar surface area (TPSA) is 85.0 Å². The van der Waals surface area contributed by atoms with Crippen molar-refractivity contribution in [1.29, 1.82) is 0 Å². The average Bonchev–Trinajstić information content (AvgIpc) is 3.20. The molecule has 0 spiro atoms. The van der Waals surface area contributed by atoms with Crippen LogP contribution in [0.3, 0.4) is 0 Å². The third kappa shape index (κ3) is 4.15. The SMILES string of the molecule is Cc1cncc(C2CCN(C(=O)Cc3nc(-c4ccc(F)cc4C)ccc3N)C2)n1. The Labute approximate surface area is 175 Å². The Morgan fingerprint density at radius 2 is 2.03 bits per heavy atom. The van der Waals surface area contributed by atoms with Gasteiger partial charge >= 0.3 is 0 Å². The van der Waals surface area contributed by atoms with Gasteiger partial charge in [-0.1, -0.05) is 0 Å². The summed E-state index contributed by atoms with van der Waals surface area (Å²) >= 11 is 0. The molecule has 1 atom stereocenters. The standard InChI is InChI=1S/C23H24FN5O/c1-14-9-17(24)3-4-18(14)20-6-5-19(25)21(28-20)10-23(30)29-8-7-16(13-29)22-12-26-11-15(2)27-22/h3-6,9,11-12,16H,7-8,10,13,25H2,1-2H3. The van der Waals surface area contributed by atoms with Gasteiger partial charge in [0.05, 0.1) is 34.9 Å². The molecule has 1 aromatic carbocycles. The fourth-order valence-corrected chi connectivity index (χ4v) is 3.88. The molecule has 1 amide bonds. The first-order valence-corrected chi connectivity index (χ1v) is 9.99. The number of nitrogens with two attached hydrogens (primary N) is 1. The number of aromatic nitrogens is 3. The maximum atomic E-state index is 13.4. The molecule has 1 unspecified atom stereocenters. The molecule has 2 aromatic heterocycles. The number of hydrogen-bond donors (Lipinski definition) is 1. The highest BCUT2D eigenvalue weighted by molar-refractivity contribution is 5.80. The summed E-state index contributed by atoms with van der Waals surface area (Å²) in [4.78, 5) is 28.1. The summed E-state index contributed by atoms with van der Waals surface area (Å²) in [7, 11) is 0. The normalized spacial score (nSPS) is 16.1. The minimum atomic E-state index is -0.288. The van der Waals surface area contributed by atoms with Gasteiger partial charge in [-0.2, -0.15) is 0 Å². The molecule has 0 radical (unpaired) electrons. The number of pyridine rings is 1. The van der Waals surface area contributed by atoms with Gasteiger partial charge in [0.2, 0.25) is 5.91 Å². The molecule has 4 rings (SSSR count). The monoisotopic (exact) mass is 405 g/mol. The number of aryl methyl sites for hydroxylation is 2. The first kappa shape index (κ1) is 19.9. The van der Waals surface area contributed by atoms with Crippen molar-refractivity contribution in [2.45, 2.75) is 32.6 Å². The van der Waals surface area contributed by atoms with Crippen LogP contribution in [-0.2, 0) is 11.2 Å². The van der Waals surface area contributed by atoms with Crippen molar-refractivity contribution in [3.05, 3.63) is 71.2 Å². The van der Waals surface area contributed by atoms with Crippen molar-refractivity contribution in [1.82, 2.24) is 19.9 Å². The minimum Gasteiger partial charge on any atom is -0.397 e. The first-order chi connectivity index (χ1) is 14.4. The maximum Gasteiger partial charge on any atom is 0.228 e. The first-order valence-electron chi connectivity index (χ1n) is 9.99. The van der Waals surface area contributed by atoms with E-state index in [0.29, 0.717) is 30.2 Å². The van der Waals surface area contributed by atoms with Crippen molar-refractivity contribution in [2.75, 3.05) is 18.8 Å². The number of benzene rings is 1. The Hall–Kier alpha value is -3.35. The number of anilines is 1. The second kappa shape index (κ2) is 8.18. The Morgan fingerprint density at radius 3 is 2.80 bits per heavy atom. The molecule has 0 aliphatic carbocycles. The molecule has 3 heterocycles. The minimum absolute atomic E-state index is 0.00899. The smallest absolute Gasteiger partial charge is 0.228 e. The zero-order valence-corrected chi connectivity index (χ0v) is 17.1.